The number of phenols is 1. The maximum Gasteiger partial charge on any atom is 0.253 e. The Labute approximate surface area is 169 Å². The summed E-state index contributed by atoms with van der Waals surface area (Å²) in [5.41, 5.74) is 2.12. The molecule has 3 aromatic rings. The minimum Gasteiger partial charge on any atom is -0.508 e. The molecule has 29 heavy (non-hydrogen) atoms. The number of likely N-dealkylation sites (tertiary alicyclic amines) is 1. The normalized spacial score (nSPS) is 14.6. The summed E-state index contributed by atoms with van der Waals surface area (Å²) in [5.74, 6) is -0.117. The minimum absolute atomic E-state index is 0.0156. The molecule has 0 spiro atoms. The molecule has 2 heterocycles. The summed E-state index contributed by atoms with van der Waals surface area (Å²) < 4.78 is 1.99. The summed E-state index contributed by atoms with van der Waals surface area (Å²) in [4.78, 5) is 27.0. The van der Waals surface area contributed by atoms with E-state index in [9.17, 15) is 14.7 Å². The van der Waals surface area contributed by atoms with Gasteiger partial charge in [0.15, 0.2) is 0 Å². The predicted octanol–water partition coefficient (Wildman–Crippen LogP) is 3.22. The number of amides is 2. The highest BCUT2D eigenvalue weighted by molar-refractivity contribution is 5.95. The van der Waals surface area contributed by atoms with Gasteiger partial charge in [0.05, 0.1) is 0 Å². The van der Waals surface area contributed by atoms with Crippen LogP contribution in [0, 0.1) is 0 Å². The molecule has 0 bridgehead atoms. The lowest BCUT2D eigenvalue weighted by molar-refractivity contribution is 0.0698. The molecule has 1 saturated heterocycles. The van der Waals surface area contributed by atoms with E-state index in [1.54, 1.807) is 12.1 Å². The third kappa shape index (κ3) is 4.32. The third-order valence-electron chi connectivity index (χ3n) is 5.24. The van der Waals surface area contributed by atoms with Crippen LogP contribution in [-0.2, 0) is 0 Å². The monoisotopic (exact) mass is 389 g/mol. The zero-order chi connectivity index (χ0) is 20.2. The molecule has 0 atom stereocenters. The quantitative estimate of drug-likeness (QED) is 0.720. The Bertz CT molecular complexity index is 988. The van der Waals surface area contributed by atoms with Crippen molar-refractivity contribution in [3.63, 3.8) is 0 Å². The number of hydrogen-bond donors (Lipinski definition) is 2. The van der Waals surface area contributed by atoms with Gasteiger partial charge in [0.2, 0.25) is 0 Å². The molecule has 1 fully saturated rings. The minimum atomic E-state index is -0.203. The molecule has 4 rings (SSSR count). The van der Waals surface area contributed by atoms with Crippen LogP contribution in [0.4, 0.5) is 0 Å². The third-order valence-corrected chi connectivity index (χ3v) is 5.24. The summed E-state index contributed by atoms with van der Waals surface area (Å²) in [7, 11) is 0. The molecular formula is C23H23N3O3. The fourth-order valence-corrected chi connectivity index (χ4v) is 3.61. The first kappa shape index (κ1) is 18.8. The molecule has 6 nitrogen and oxygen atoms in total. The van der Waals surface area contributed by atoms with Crippen molar-refractivity contribution >= 4 is 11.8 Å². The maximum absolute atomic E-state index is 12.8. The van der Waals surface area contributed by atoms with Crippen molar-refractivity contribution in [1.82, 2.24) is 14.8 Å². The van der Waals surface area contributed by atoms with Crippen molar-refractivity contribution in [2.45, 2.75) is 18.9 Å². The van der Waals surface area contributed by atoms with Crippen LogP contribution in [0.3, 0.4) is 0 Å². The Kier molecular flexibility index (Phi) is 5.33. The largest absolute Gasteiger partial charge is 0.508 e. The van der Waals surface area contributed by atoms with E-state index in [1.165, 1.54) is 12.1 Å². The molecule has 2 amide bonds. The van der Waals surface area contributed by atoms with E-state index < -0.39 is 0 Å². The number of phenolic OH excluding ortho intramolecular Hbond substituents is 1. The van der Waals surface area contributed by atoms with Gasteiger partial charge in [0.25, 0.3) is 11.8 Å². The van der Waals surface area contributed by atoms with Gasteiger partial charge in [-0.1, -0.05) is 6.07 Å². The smallest absolute Gasteiger partial charge is 0.253 e. The van der Waals surface area contributed by atoms with Crippen LogP contribution in [0.25, 0.3) is 5.69 Å². The van der Waals surface area contributed by atoms with Gasteiger partial charge < -0.3 is 19.9 Å². The van der Waals surface area contributed by atoms with Crippen LogP contribution in [-0.4, -0.2) is 45.5 Å². The van der Waals surface area contributed by atoms with Crippen molar-refractivity contribution in [3.05, 3.63) is 84.2 Å². The number of benzene rings is 2. The molecule has 0 radical (unpaired) electrons. The van der Waals surface area contributed by atoms with Gasteiger partial charge in [0.1, 0.15) is 5.75 Å². The van der Waals surface area contributed by atoms with E-state index in [2.05, 4.69) is 5.32 Å². The Hall–Kier alpha value is -3.54. The van der Waals surface area contributed by atoms with Crippen LogP contribution in [0.15, 0.2) is 73.1 Å². The lowest BCUT2D eigenvalue weighted by Crippen LogP contribution is -2.46. The Morgan fingerprint density at radius 3 is 2.24 bits per heavy atom. The summed E-state index contributed by atoms with van der Waals surface area (Å²) in [6, 6.07) is 17.8. The summed E-state index contributed by atoms with van der Waals surface area (Å²) in [6.45, 7) is 1.20. The van der Waals surface area contributed by atoms with Gasteiger partial charge in [-0.25, -0.2) is 0 Å². The first-order valence-electron chi connectivity index (χ1n) is 9.73. The highest BCUT2D eigenvalue weighted by atomic mass is 16.3. The molecule has 0 unspecified atom stereocenters. The summed E-state index contributed by atoms with van der Waals surface area (Å²) in [6.07, 6.45) is 5.34. The van der Waals surface area contributed by atoms with E-state index in [0.29, 0.717) is 37.1 Å². The number of carbonyl (C=O) groups excluding carboxylic acids is 2. The topological polar surface area (TPSA) is 74.6 Å². The Morgan fingerprint density at radius 1 is 0.897 bits per heavy atom. The molecule has 2 aromatic carbocycles. The highest BCUT2D eigenvalue weighted by Crippen LogP contribution is 2.17. The van der Waals surface area contributed by atoms with Gasteiger partial charge in [0, 0.05) is 48.3 Å². The molecule has 1 aliphatic rings. The van der Waals surface area contributed by atoms with Crippen LogP contribution in [0.1, 0.15) is 33.6 Å². The molecule has 148 valence electrons. The van der Waals surface area contributed by atoms with E-state index in [4.69, 9.17) is 0 Å². The zero-order valence-electron chi connectivity index (χ0n) is 16.0. The first-order chi connectivity index (χ1) is 14.1. The van der Waals surface area contributed by atoms with E-state index >= 15 is 0 Å². The van der Waals surface area contributed by atoms with Gasteiger partial charge >= 0.3 is 0 Å². The van der Waals surface area contributed by atoms with Crippen molar-refractivity contribution < 1.29 is 14.7 Å². The second kappa shape index (κ2) is 8.22. The number of hydrogen-bond acceptors (Lipinski definition) is 3. The van der Waals surface area contributed by atoms with Gasteiger partial charge in [-0.05, 0) is 67.4 Å². The number of piperidine rings is 1. The second-order valence-electron chi connectivity index (χ2n) is 7.23. The Morgan fingerprint density at radius 2 is 1.59 bits per heavy atom. The highest BCUT2D eigenvalue weighted by Gasteiger charge is 2.25. The van der Waals surface area contributed by atoms with Gasteiger partial charge in [-0.15, -0.1) is 0 Å². The number of aromatic hydroxyl groups is 1. The van der Waals surface area contributed by atoms with E-state index in [0.717, 1.165) is 5.69 Å². The molecular weight excluding hydrogens is 366 g/mol. The molecule has 2 N–H and O–H groups in total. The lowest BCUT2D eigenvalue weighted by atomic mass is 10.0. The van der Waals surface area contributed by atoms with Crippen LogP contribution < -0.4 is 5.32 Å². The van der Waals surface area contributed by atoms with Gasteiger partial charge in [-0.2, -0.15) is 0 Å². The van der Waals surface area contributed by atoms with Crippen molar-refractivity contribution in [2.75, 3.05) is 13.1 Å². The predicted molar refractivity (Wildman–Crippen MR) is 110 cm³/mol. The summed E-state index contributed by atoms with van der Waals surface area (Å²) in [5, 5.41) is 12.5. The maximum atomic E-state index is 12.8. The van der Waals surface area contributed by atoms with Crippen molar-refractivity contribution in [3.8, 4) is 11.4 Å². The fourth-order valence-electron chi connectivity index (χ4n) is 3.61. The number of rotatable bonds is 4. The summed E-state index contributed by atoms with van der Waals surface area (Å²) >= 11 is 0. The first-order valence-corrected chi connectivity index (χ1v) is 9.73. The van der Waals surface area contributed by atoms with Crippen molar-refractivity contribution in [1.29, 1.82) is 0 Å². The van der Waals surface area contributed by atoms with Gasteiger partial charge in [-0.3, -0.25) is 9.59 Å². The zero-order valence-corrected chi connectivity index (χ0v) is 16.0. The fraction of sp³-hybridized carbons (Fsp3) is 0.217. The number of aromatic nitrogens is 1. The van der Waals surface area contributed by atoms with Crippen LogP contribution in [0.5, 0.6) is 5.75 Å². The average Bonchev–Trinajstić information content (AvgIpc) is 3.29. The average molecular weight is 389 g/mol. The van der Waals surface area contributed by atoms with E-state index in [-0.39, 0.29) is 23.6 Å². The lowest BCUT2D eigenvalue weighted by Gasteiger charge is -2.32. The molecule has 1 aliphatic heterocycles. The number of nitrogens with one attached hydrogen (secondary N) is 1. The van der Waals surface area contributed by atoms with Crippen LogP contribution >= 0.6 is 0 Å². The van der Waals surface area contributed by atoms with Crippen LogP contribution in [0.2, 0.25) is 0 Å². The van der Waals surface area contributed by atoms with E-state index in [1.807, 2.05) is 58.3 Å². The molecule has 6 heteroatoms. The number of carbonyl (C=O) groups is 2. The Balaban J connectivity index is 1.32. The second-order valence-corrected chi connectivity index (χ2v) is 7.23. The standard InChI is InChI=1S/C23H23N3O3/c27-21-5-3-4-18(16-21)22(28)24-19-10-14-26(15-11-19)23(29)17-6-8-20(9-7-17)25-12-1-2-13-25/h1-9,12-13,16,19,27H,10-11,14-15H2,(H,24,28). The van der Waals surface area contributed by atoms with Crippen molar-refractivity contribution in [2.24, 2.45) is 0 Å². The molecule has 1 aromatic heterocycles. The molecule has 0 aliphatic carbocycles. The number of nitrogens with zero attached hydrogens (tertiary/aromatic N) is 2. The SMILES string of the molecule is O=C(NC1CCN(C(=O)c2ccc(-n3cccc3)cc2)CC1)c1cccc(O)c1. The molecule has 0 saturated carbocycles.